The molecule has 3 aliphatic rings. The van der Waals surface area contributed by atoms with Gasteiger partial charge in [0.1, 0.15) is 5.60 Å². The molecule has 0 aromatic rings. The van der Waals surface area contributed by atoms with Crippen molar-refractivity contribution in [2.75, 3.05) is 26.2 Å². The van der Waals surface area contributed by atoms with Gasteiger partial charge in [-0.05, 0) is 45.7 Å². The molecule has 2 saturated heterocycles. The molecule has 3 rings (SSSR count). The topological polar surface area (TPSA) is 41.6 Å². The maximum Gasteiger partial charge on any atom is 0.254 e. The maximum atomic E-state index is 12.2. The van der Waals surface area contributed by atoms with Crippen LogP contribution >= 0.6 is 0 Å². The van der Waals surface area contributed by atoms with Crippen molar-refractivity contribution in [1.82, 2.24) is 10.2 Å². The van der Waals surface area contributed by atoms with E-state index in [1.807, 2.05) is 4.90 Å². The summed E-state index contributed by atoms with van der Waals surface area (Å²) < 4.78 is 6.23. The van der Waals surface area contributed by atoms with Gasteiger partial charge in [0.15, 0.2) is 0 Å². The largest absolute Gasteiger partial charge is 0.357 e. The lowest BCUT2D eigenvalue weighted by atomic mass is 9.89. The molecule has 2 aliphatic heterocycles. The van der Waals surface area contributed by atoms with Crippen LogP contribution in [-0.2, 0) is 9.53 Å². The third-order valence-electron chi connectivity index (χ3n) is 4.17. The van der Waals surface area contributed by atoms with E-state index in [0.29, 0.717) is 0 Å². The van der Waals surface area contributed by atoms with Crippen LogP contribution in [-0.4, -0.2) is 48.2 Å². The molecule has 1 aliphatic carbocycles. The first-order valence-electron chi connectivity index (χ1n) is 6.40. The zero-order chi connectivity index (χ0) is 11.2. The number of likely N-dealkylation sites (N-methyl/N-ethyl adjacent to an activating group) is 1. The molecule has 90 valence electrons. The van der Waals surface area contributed by atoms with Crippen LogP contribution in [0.5, 0.6) is 0 Å². The SMILES string of the molecule is CCN1CC2(CCNCC2)OC2(CC2)C1=O. The van der Waals surface area contributed by atoms with Crippen molar-refractivity contribution >= 4 is 5.91 Å². The molecule has 4 heteroatoms. The number of carbonyl (C=O) groups is 1. The number of nitrogens with zero attached hydrogens (tertiary/aromatic N) is 1. The molecular formula is C12H20N2O2. The van der Waals surface area contributed by atoms with Gasteiger partial charge in [0, 0.05) is 13.1 Å². The second-order valence-corrected chi connectivity index (χ2v) is 5.35. The number of carbonyl (C=O) groups excluding carboxylic acids is 1. The van der Waals surface area contributed by atoms with E-state index in [1.54, 1.807) is 0 Å². The van der Waals surface area contributed by atoms with E-state index in [0.717, 1.165) is 51.9 Å². The Hall–Kier alpha value is -0.610. The molecule has 1 amide bonds. The van der Waals surface area contributed by atoms with Crippen molar-refractivity contribution in [3.63, 3.8) is 0 Å². The molecule has 2 spiro atoms. The molecule has 0 atom stereocenters. The molecule has 4 nitrogen and oxygen atoms in total. The Bertz CT molecular complexity index is 306. The Labute approximate surface area is 96.3 Å². The number of ether oxygens (including phenoxy) is 1. The van der Waals surface area contributed by atoms with Gasteiger partial charge in [-0.15, -0.1) is 0 Å². The zero-order valence-corrected chi connectivity index (χ0v) is 9.92. The highest BCUT2D eigenvalue weighted by atomic mass is 16.5. The molecule has 1 N–H and O–H groups in total. The summed E-state index contributed by atoms with van der Waals surface area (Å²) in [4.78, 5) is 14.2. The second-order valence-electron chi connectivity index (χ2n) is 5.35. The van der Waals surface area contributed by atoms with Crippen LogP contribution in [0.1, 0.15) is 32.6 Å². The van der Waals surface area contributed by atoms with Gasteiger partial charge < -0.3 is 15.0 Å². The predicted molar refractivity (Wildman–Crippen MR) is 60.1 cm³/mol. The van der Waals surface area contributed by atoms with E-state index in [-0.39, 0.29) is 11.5 Å². The van der Waals surface area contributed by atoms with Gasteiger partial charge in [-0.1, -0.05) is 0 Å². The third-order valence-corrected chi connectivity index (χ3v) is 4.17. The molecule has 16 heavy (non-hydrogen) atoms. The summed E-state index contributed by atoms with van der Waals surface area (Å²) in [5.74, 6) is 0.235. The molecule has 2 heterocycles. The van der Waals surface area contributed by atoms with E-state index in [9.17, 15) is 4.79 Å². The number of piperidine rings is 1. The lowest BCUT2D eigenvalue weighted by molar-refractivity contribution is -0.195. The first-order valence-corrected chi connectivity index (χ1v) is 6.40. The second kappa shape index (κ2) is 3.44. The Kier molecular flexibility index (Phi) is 2.27. The average Bonchev–Trinajstić information content (AvgIpc) is 3.06. The number of amides is 1. The van der Waals surface area contributed by atoms with Crippen LogP contribution in [0, 0.1) is 0 Å². The van der Waals surface area contributed by atoms with Crippen molar-refractivity contribution in [3.05, 3.63) is 0 Å². The zero-order valence-electron chi connectivity index (χ0n) is 9.92. The van der Waals surface area contributed by atoms with Gasteiger partial charge in [-0.2, -0.15) is 0 Å². The number of morpholine rings is 1. The van der Waals surface area contributed by atoms with Crippen LogP contribution in [0.2, 0.25) is 0 Å². The van der Waals surface area contributed by atoms with Gasteiger partial charge in [0.2, 0.25) is 0 Å². The monoisotopic (exact) mass is 224 g/mol. The summed E-state index contributed by atoms with van der Waals surface area (Å²) in [6.07, 6.45) is 3.94. The highest BCUT2D eigenvalue weighted by molar-refractivity contribution is 5.89. The van der Waals surface area contributed by atoms with E-state index in [4.69, 9.17) is 4.74 Å². The summed E-state index contributed by atoms with van der Waals surface area (Å²) in [7, 11) is 0. The van der Waals surface area contributed by atoms with Crippen molar-refractivity contribution in [2.24, 2.45) is 0 Å². The summed E-state index contributed by atoms with van der Waals surface area (Å²) in [5, 5.41) is 3.36. The molecule has 0 aromatic carbocycles. The highest BCUT2D eigenvalue weighted by Gasteiger charge is 2.61. The van der Waals surface area contributed by atoms with Gasteiger partial charge in [-0.25, -0.2) is 0 Å². The first-order chi connectivity index (χ1) is 7.70. The number of rotatable bonds is 1. The molecule has 3 fully saturated rings. The fourth-order valence-corrected chi connectivity index (χ4v) is 3.03. The Morgan fingerprint density at radius 2 is 2.00 bits per heavy atom. The van der Waals surface area contributed by atoms with E-state index in [2.05, 4.69) is 12.2 Å². The lowest BCUT2D eigenvalue weighted by Gasteiger charge is -2.48. The molecule has 0 bridgehead atoms. The molecule has 0 radical (unpaired) electrons. The maximum absolute atomic E-state index is 12.2. The molecule has 0 unspecified atom stereocenters. The predicted octanol–water partition coefficient (Wildman–Crippen LogP) is 0.520. The Balaban J connectivity index is 1.84. The Morgan fingerprint density at radius 3 is 2.56 bits per heavy atom. The van der Waals surface area contributed by atoms with E-state index < -0.39 is 5.60 Å². The lowest BCUT2D eigenvalue weighted by Crippen LogP contribution is -2.62. The van der Waals surface area contributed by atoms with Gasteiger partial charge >= 0.3 is 0 Å². The number of hydrogen-bond acceptors (Lipinski definition) is 3. The van der Waals surface area contributed by atoms with Crippen molar-refractivity contribution < 1.29 is 9.53 Å². The summed E-state index contributed by atoms with van der Waals surface area (Å²) in [6, 6.07) is 0. The van der Waals surface area contributed by atoms with Gasteiger partial charge in [0.25, 0.3) is 5.91 Å². The highest BCUT2D eigenvalue weighted by Crippen LogP contribution is 2.49. The van der Waals surface area contributed by atoms with Gasteiger partial charge in [0.05, 0.1) is 5.60 Å². The number of nitrogens with one attached hydrogen (secondary N) is 1. The third kappa shape index (κ3) is 1.47. The summed E-state index contributed by atoms with van der Waals surface area (Å²) in [5.41, 5.74) is -0.461. The van der Waals surface area contributed by atoms with Crippen molar-refractivity contribution in [3.8, 4) is 0 Å². The quantitative estimate of drug-likeness (QED) is 0.706. The first kappa shape index (κ1) is 10.5. The van der Waals surface area contributed by atoms with Crippen molar-refractivity contribution in [2.45, 2.75) is 43.8 Å². The van der Waals surface area contributed by atoms with Crippen LogP contribution < -0.4 is 5.32 Å². The molecule has 0 aromatic heterocycles. The minimum absolute atomic E-state index is 0.0499. The minimum atomic E-state index is -0.411. The average molecular weight is 224 g/mol. The van der Waals surface area contributed by atoms with E-state index in [1.165, 1.54) is 0 Å². The fraction of sp³-hybridized carbons (Fsp3) is 0.917. The van der Waals surface area contributed by atoms with Crippen LogP contribution in [0.4, 0.5) is 0 Å². The number of hydrogen-bond donors (Lipinski definition) is 1. The fourth-order valence-electron chi connectivity index (χ4n) is 3.03. The smallest absolute Gasteiger partial charge is 0.254 e. The minimum Gasteiger partial charge on any atom is -0.357 e. The van der Waals surface area contributed by atoms with Crippen LogP contribution in [0.25, 0.3) is 0 Å². The normalized spacial score (nSPS) is 31.1. The summed E-state index contributed by atoms with van der Waals surface area (Å²) in [6.45, 7) is 5.71. The van der Waals surface area contributed by atoms with Gasteiger partial charge in [-0.3, -0.25) is 4.79 Å². The molecular weight excluding hydrogens is 204 g/mol. The van der Waals surface area contributed by atoms with Crippen molar-refractivity contribution in [1.29, 1.82) is 0 Å². The molecule has 1 saturated carbocycles. The Morgan fingerprint density at radius 1 is 1.31 bits per heavy atom. The van der Waals surface area contributed by atoms with E-state index >= 15 is 0 Å². The standard InChI is InChI=1S/C12H20N2O2/c1-2-14-9-11(5-7-13-8-6-11)16-12(3-4-12)10(14)15/h13H,2-9H2,1H3. The van der Waals surface area contributed by atoms with Crippen LogP contribution in [0.15, 0.2) is 0 Å². The summed E-state index contributed by atoms with van der Waals surface area (Å²) >= 11 is 0. The van der Waals surface area contributed by atoms with Crippen LogP contribution in [0.3, 0.4) is 0 Å².